The topological polar surface area (TPSA) is 175 Å². The monoisotopic (exact) mass is 509 g/mol. The Hall–Kier alpha value is -4.59. The summed E-state index contributed by atoms with van der Waals surface area (Å²) in [6.45, 7) is 4.42. The van der Waals surface area contributed by atoms with E-state index in [1.807, 2.05) is 12.1 Å². The number of amides is 4. The van der Waals surface area contributed by atoms with Crippen LogP contribution in [-0.2, 0) is 25.7 Å². The van der Waals surface area contributed by atoms with Crippen molar-refractivity contribution in [2.75, 3.05) is 6.54 Å². The number of nitriles is 1. The number of phenols is 1. The van der Waals surface area contributed by atoms with Crippen molar-refractivity contribution < 1.29 is 29.0 Å². The molecular weight excluding hydrogens is 478 g/mol. The standard InChI is InChI=1S/C26H31N5O6/c1-26(2,3)37-25(36)30-20(15-21(28)33)24(35)31(13-12-27)22(18-10-7-11-19(32)14-18)23(34)29-16-17-8-5-4-6-9-17/h4-11,14,20,22,32H,13,15-16H2,1-3H3,(H2,28,33)(H,29,34)(H,30,36). The summed E-state index contributed by atoms with van der Waals surface area (Å²) in [5, 5.41) is 24.6. The van der Waals surface area contributed by atoms with Crippen molar-refractivity contribution in [1.29, 1.82) is 5.26 Å². The molecule has 0 bridgehead atoms. The van der Waals surface area contributed by atoms with Crippen LogP contribution in [0.25, 0.3) is 0 Å². The summed E-state index contributed by atoms with van der Waals surface area (Å²) in [6, 6.07) is 13.7. The zero-order chi connectivity index (χ0) is 27.6. The Kier molecular flexibility index (Phi) is 10.0. The Balaban J connectivity index is 2.44. The lowest BCUT2D eigenvalue weighted by Crippen LogP contribution is -2.54. The van der Waals surface area contributed by atoms with Gasteiger partial charge in [0, 0.05) is 6.54 Å². The smallest absolute Gasteiger partial charge is 0.408 e. The van der Waals surface area contributed by atoms with E-state index in [2.05, 4.69) is 10.6 Å². The molecule has 0 radical (unpaired) electrons. The summed E-state index contributed by atoms with van der Waals surface area (Å²) >= 11 is 0. The summed E-state index contributed by atoms with van der Waals surface area (Å²) in [4.78, 5) is 52.0. The van der Waals surface area contributed by atoms with Crippen LogP contribution < -0.4 is 16.4 Å². The highest BCUT2D eigenvalue weighted by molar-refractivity contribution is 5.94. The van der Waals surface area contributed by atoms with E-state index >= 15 is 0 Å². The first-order valence-electron chi connectivity index (χ1n) is 11.5. The molecule has 11 nitrogen and oxygen atoms in total. The molecule has 0 saturated carbocycles. The largest absolute Gasteiger partial charge is 0.508 e. The van der Waals surface area contributed by atoms with Gasteiger partial charge in [0.15, 0.2) is 0 Å². The van der Waals surface area contributed by atoms with E-state index in [1.54, 1.807) is 45.0 Å². The van der Waals surface area contributed by atoms with Crippen molar-refractivity contribution in [3.05, 3.63) is 65.7 Å². The van der Waals surface area contributed by atoms with E-state index in [4.69, 9.17) is 10.5 Å². The Bertz CT molecular complexity index is 1160. The Morgan fingerprint density at radius 2 is 1.78 bits per heavy atom. The van der Waals surface area contributed by atoms with Gasteiger partial charge >= 0.3 is 6.09 Å². The maximum Gasteiger partial charge on any atom is 0.408 e. The molecule has 0 aliphatic carbocycles. The summed E-state index contributed by atoms with van der Waals surface area (Å²) in [7, 11) is 0. The maximum atomic E-state index is 13.6. The minimum absolute atomic E-state index is 0.129. The molecule has 2 rings (SSSR count). The first-order chi connectivity index (χ1) is 17.4. The van der Waals surface area contributed by atoms with Crippen molar-refractivity contribution in [3.63, 3.8) is 0 Å². The number of primary amides is 1. The predicted molar refractivity (Wildman–Crippen MR) is 133 cm³/mol. The Labute approximate surface area is 215 Å². The van der Waals surface area contributed by atoms with Crippen LogP contribution in [0.2, 0.25) is 0 Å². The maximum absolute atomic E-state index is 13.6. The highest BCUT2D eigenvalue weighted by atomic mass is 16.6. The fourth-order valence-corrected chi connectivity index (χ4v) is 3.47. The number of rotatable bonds is 10. The number of alkyl carbamates (subject to hydrolysis) is 1. The molecule has 2 aromatic rings. The van der Waals surface area contributed by atoms with Gasteiger partial charge in [-0.15, -0.1) is 0 Å². The molecular formula is C26H31N5O6. The van der Waals surface area contributed by atoms with Crippen LogP contribution >= 0.6 is 0 Å². The number of aromatic hydroxyl groups is 1. The number of ether oxygens (including phenoxy) is 1. The second kappa shape index (κ2) is 12.9. The molecule has 196 valence electrons. The van der Waals surface area contributed by atoms with E-state index in [0.717, 1.165) is 10.5 Å². The van der Waals surface area contributed by atoms with Crippen LogP contribution in [0.5, 0.6) is 5.75 Å². The van der Waals surface area contributed by atoms with Crippen LogP contribution in [0, 0.1) is 11.3 Å². The first-order valence-corrected chi connectivity index (χ1v) is 11.5. The van der Waals surface area contributed by atoms with E-state index in [-0.39, 0.29) is 17.9 Å². The van der Waals surface area contributed by atoms with E-state index in [9.17, 15) is 29.5 Å². The number of carbonyl (C=O) groups excluding carboxylic acids is 4. The van der Waals surface area contributed by atoms with Crippen molar-refractivity contribution in [2.24, 2.45) is 5.73 Å². The molecule has 0 aromatic heterocycles. The number of hydrogen-bond acceptors (Lipinski definition) is 7. The van der Waals surface area contributed by atoms with E-state index < -0.39 is 54.5 Å². The van der Waals surface area contributed by atoms with Crippen molar-refractivity contribution in [2.45, 2.75) is 51.4 Å². The number of benzene rings is 2. The zero-order valence-corrected chi connectivity index (χ0v) is 20.9. The zero-order valence-electron chi connectivity index (χ0n) is 20.9. The van der Waals surface area contributed by atoms with E-state index in [0.29, 0.717) is 0 Å². The van der Waals surface area contributed by atoms with Crippen LogP contribution in [-0.4, -0.2) is 52.0 Å². The number of phenolic OH excluding ortho intramolecular Hbond substituents is 1. The quantitative estimate of drug-likeness (QED) is 0.354. The third-order valence-corrected chi connectivity index (χ3v) is 4.97. The third-order valence-electron chi connectivity index (χ3n) is 4.97. The lowest BCUT2D eigenvalue weighted by molar-refractivity contribution is -0.142. The fraction of sp³-hybridized carbons (Fsp3) is 0.346. The molecule has 2 atom stereocenters. The number of nitrogens with zero attached hydrogens (tertiary/aromatic N) is 2. The SMILES string of the molecule is CC(C)(C)OC(=O)NC(CC(N)=O)C(=O)N(CC#N)C(C(=O)NCc1ccccc1)c1cccc(O)c1. The van der Waals surface area contributed by atoms with Crippen LogP contribution in [0.4, 0.5) is 4.79 Å². The van der Waals surface area contributed by atoms with Gasteiger partial charge in [0.05, 0.1) is 12.5 Å². The summed E-state index contributed by atoms with van der Waals surface area (Å²) < 4.78 is 5.19. The molecule has 0 aliphatic rings. The molecule has 0 spiro atoms. The van der Waals surface area contributed by atoms with Gasteiger partial charge in [-0.1, -0.05) is 42.5 Å². The molecule has 0 saturated heterocycles. The number of nitrogens with one attached hydrogen (secondary N) is 2. The highest BCUT2D eigenvalue weighted by Crippen LogP contribution is 2.26. The molecule has 4 amide bonds. The van der Waals surface area contributed by atoms with Gasteiger partial charge < -0.3 is 31.1 Å². The Morgan fingerprint density at radius 3 is 2.35 bits per heavy atom. The second-order valence-corrected chi connectivity index (χ2v) is 9.19. The molecule has 5 N–H and O–H groups in total. The van der Waals surface area contributed by atoms with Gasteiger partial charge in [0.25, 0.3) is 0 Å². The lowest BCUT2D eigenvalue weighted by Gasteiger charge is -2.32. The molecule has 37 heavy (non-hydrogen) atoms. The predicted octanol–water partition coefficient (Wildman–Crippen LogP) is 1.87. The van der Waals surface area contributed by atoms with Crippen LogP contribution in [0.1, 0.15) is 44.4 Å². The normalized spacial score (nSPS) is 12.4. The van der Waals surface area contributed by atoms with Crippen LogP contribution in [0.15, 0.2) is 54.6 Å². The van der Waals surface area contributed by atoms with E-state index in [1.165, 1.54) is 24.3 Å². The van der Waals surface area contributed by atoms with Crippen molar-refractivity contribution in [3.8, 4) is 11.8 Å². The number of nitrogens with two attached hydrogens (primary N) is 1. The molecule has 0 heterocycles. The fourth-order valence-electron chi connectivity index (χ4n) is 3.47. The lowest BCUT2D eigenvalue weighted by atomic mass is 10.0. The summed E-state index contributed by atoms with van der Waals surface area (Å²) in [5.74, 6) is -2.61. The van der Waals surface area contributed by atoms with Gasteiger partial charge in [-0.3, -0.25) is 14.4 Å². The average Bonchev–Trinajstić information content (AvgIpc) is 2.81. The molecule has 0 fully saturated rings. The third kappa shape index (κ3) is 9.18. The van der Waals surface area contributed by atoms with Crippen molar-refractivity contribution in [1.82, 2.24) is 15.5 Å². The molecule has 11 heteroatoms. The number of carbonyl (C=O) groups is 4. The minimum atomic E-state index is -1.51. The average molecular weight is 510 g/mol. The molecule has 0 aliphatic heterocycles. The second-order valence-electron chi connectivity index (χ2n) is 9.19. The van der Waals surface area contributed by atoms with Gasteiger partial charge in [-0.2, -0.15) is 5.26 Å². The summed E-state index contributed by atoms with van der Waals surface area (Å²) in [5.41, 5.74) is 5.42. The minimum Gasteiger partial charge on any atom is -0.508 e. The van der Waals surface area contributed by atoms with Gasteiger partial charge in [0.1, 0.15) is 30.0 Å². The van der Waals surface area contributed by atoms with Gasteiger partial charge in [-0.05, 0) is 44.0 Å². The molecule has 2 aromatic carbocycles. The molecule has 2 unspecified atom stereocenters. The van der Waals surface area contributed by atoms with Gasteiger partial charge in [-0.25, -0.2) is 4.79 Å². The van der Waals surface area contributed by atoms with Crippen molar-refractivity contribution >= 4 is 23.8 Å². The van der Waals surface area contributed by atoms with Gasteiger partial charge in [0.2, 0.25) is 17.7 Å². The number of hydrogen-bond donors (Lipinski definition) is 4. The highest BCUT2D eigenvalue weighted by Gasteiger charge is 2.37. The Morgan fingerprint density at radius 1 is 1.11 bits per heavy atom. The summed E-state index contributed by atoms with van der Waals surface area (Å²) in [6.07, 6.45) is -1.58. The first kappa shape index (κ1) is 28.6. The van der Waals surface area contributed by atoms with Crippen LogP contribution in [0.3, 0.4) is 0 Å².